The van der Waals surface area contributed by atoms with Crippen molar-refractivity contribution in [2.75, 3.05) is 13.1 Å². The molecule has 0 aliphatic heterocycles. The number of fused-ring (bicyclic) bond motifs is 1. The number of carbonyl (C=O) groups is 1. The Hall–Kier alpha value is -2.71. The lowest BCUT2D eigenvalue weighted by Crippen LogP contribution is -2.31. The van der Waals surface area contributed by atoms with Crippen LogP contribution < -0.4 is 5.32 Å². The molecular weight excluding hydrogens is 388 g/mol. The van der Waals surface area contributed by atoms with Crippen LogP contribution in [0.4, 0.5) is 0 Å². The molecule has 0 bridgehead atoms. The third kappa shape index (κ3) is 4.33. The van der Waals surface area contributed by atoms with Crippen molar-refractivity contribution < 1.29 is 13.2 Å². The third-order valence-corrected chi connectivity index (χ3v) is 7.08. The van der Waals surface area contributed by atoms with Crippen molar-refractivity contribution in [3.63, 3.8) is 0 Å². The predicted molar refractivity (Wildman–Crippen MR) is 113 cm³/mol. The average Bonchev–Trinajstić information content (AvgIpc) is 3.16. The third-order valence-electron chi connectivity index (χ3n) is 5.01. The van der Waals surface area contributed by atoms with Gasteiger partial charge in [-0.2, -0.15) is 4.31 Å². The molecule has 154 valence electrons. The Kier molecular flexibility index (Phi) is 6.34. The Morgan fingerprint density at radius 3 is 2.41 bits per heavy atom. The standard InChI is InChI=1S/C21H26N4O3S/c1-4-24(5-2)29(27,28)18-12-10-17(11-13-18)14-22-21(26)16(3)25-15-23-19-8-6-7-9-20(19)25/h6-13,15-16H,4-5,14H2,1-3H3,(H,22,26). The van der Waals surface area contributed by atoms with E-state index in [0.29, 0.717) is 19.6 Å². The van der Waals surface area contributed by atoms with Crippen LogP contribution in [0.1, 0.15) is 32.4 Å². The number of sulfonamides is 1. The average molecular weight is 415 g/mol. The van der Waals surface area contributed by atoms with Gasteiger partial charge in [-0.15, -0.1) is 0 Å². The van der Waals surface area contributed by atoms with Gasteiger partial charge in [-0.3, -0.25) is 4.79 Å². The summed E-state index contributed by atoms with van der Waals surface area (Å²) in [7, 11) is -3.48. The first-order chi connectivity index (χ1) is 13.9. The molecule has 3 aromatic rings. The van der Waals surface area contributed by atoms with Crippen LogP contribution >= 0.6 is 0 Å². The highest BCUT2D eigenvalue weighted by Crippen LogP contribution is 2.18. The lowest BCUT2D eigenvalue weighted by Gasteiger charge is -2.18. The number of aromatic nitrogens is 2. The summed E-state index contributed by atoms with van der Waals surface area (Å²) in [4.78, 5) is 17.2. The minimum atomic E-state index is -3.48. The molecule has 1 aromatic heterocycles. The van der Waals surface area contributed by atoms with Gasteiger partial charge in [-0.1, -0.05) is 38.1 Å². The maximum Gasteiger partial charge on any atom is 0.243 e. The second-order valence-corrected chi connectivity index (χ2v) is 8.71. The first-order valence-corrected chi connectivity index (χ1v) is 11.1. The highest BCUT2D eigenvalue weighted by atomic mass is 32.2. The molecule has 7 nitrogen and oxygen atoms in total. The molecule has 0 aliphatic rings. The number of imidazole rings is 1. The summed E-state index contributed by atoms with van der Waals surface area (Å²) < 4.78 is 28.3. The molecule has 3 rings (SSSR count). The fraction of sp³-hybridized carbons (Fsp3) is 0.333. The van der Waals surface area contributed by atoms with Crippen molar-refractivity contribution in [2.45, 2.75) is 38.3 Å². The number of para-hydroxylation sites is 2. The van der Waals surface area contributed by atoms with Gasteiger partial charge in [-0.25, -0.2) is 13.4 Å². The van der Waals surface area contributed by atoms with Gasteiger partial charge in [0.15, 0.2) is 0 Å². The molecule has 0 spiro atoms. The number of benzene rings is 2. The zero-order chi connectivity index (χ0) is 21.0. The topological polar surface area (TPSA) is 84.3 Å². The van der Waals surface area contributed by atoms with Crippen LogP contribution in [0.25, 0.3) is 11.0 Å². The first-order valence-electron chi connectivity index (χ1n) is 9.66. The van der Waals surface area contributed by atoms with Gasteiger partial charge in [0.25, 0.3) is 0 Å². The molecule has 29 heavy (non-hydrogen) atoms. The molecular formula is C21H26N4O3S. The van der Waals surface area contributed by atoms with Crippen LogP contribution in [0.2, 0.25) is 0 Å². The SMILES string of the molecule is CCN(CC)S(=O)(=O)c1ccc(CNC(=O)C(C)n2cnc3ccccc32)cc1. The summed E-state index contributed by atoms with van der Waals surface area (Å²) >= 11 is 0. The Morgan fingerprint density at radius 1 is 1.10 bits per heavy atom. The van der Waals surface area contributed by atoms with Gasteiger partial charge in [0, 0.05) is 19.6 Å². The Labute approximate surface area is 171 Å². The van der Waals surface area contributed by atoms with Gasteiger partial charge < -0.3 is 9.88 Å². The number of amides is 1. The van der Waals surface area contributed by atoms with E-state index in [2.05, 4.69) is 10.3 Å². The number of hydrogen-bond donors (Lipinski definition) is 1. The second-order valence-electron chi connectivity index (χ2n) is 6.77. The summed E-state index contributed by atoms with van der Waals surface area (Å²) in [6.45, 7) is 6.63. The number of nitrogens with zero attached hydrogens (tertiary/aromatic N) is 3. The monoisotopic (exact) mass is 414 g/mol. The minimum absolute atomic E-state index is 0.131. The molecule has 1 N–H and O–H groups in total. The summed E-state index contributed by atoms with van der Waals surface area (Å²) in [6.07, 6.45) is 1.67. The van der Waals surface area contributed by atoms with Crippen molar-refractivity contribution in [1.29, 1.82) is 0 Å². The highest BCUT2D eigenvalue weighted by molar-refractivity contribution is 7.89. The minimum Gasteiger partial charge on any atom is -0.350 e. The van der Waals surface area contributed by atoms with Gasteiger partial charge in [0.2, 0.25) is 15.9 Å². The Bertz CT molecular complexity index is 1090. The van der Waals surface area contributed by atoms with Gasteiger partial charge in [-0.05, 0) is 36.8 Å². The normalized spacial score (nSPS) is 13.0. The van der Waals surface area contributed by atoms with E-state index in [4.69, 9.17) is 0 Å². The van der Waals surface area contributed by atoms with Crippen molar-refractivity contribution in [3.8, 4) is 0 Å². The van der Waals surface area contributed by atoms with Crippen LogP contribution in [0.15, 0.2) is 59.8 Å². The zero-order valence-corrected chi connectivity index (χ0v) is 17.7. The quantitative estimate of drug-likeness (QED) is 0.614. The van der Waals surface area contributed by atoms with E-state index in [0.717, 1.165) is 16.6 Å². The summed E-state index contributed by atoms with van der Waals surface area (Å²) in [5.41, 5.74) is 2.58. The summed E-state index contributed by atoms with van der Waals surface area (Å²) in [5.74, 6) is -0.131. The predicted octanol–water partition coefficient (Wildman–Crippen LogP) is 2.94. The molecule has 0 saturated carbocycles. The van der Waals surface area contributed by atoms with Crippen molar-refractivity contribution in [3.05, 3.63) is 60.4 Å². The van der Waals surface area contributed by atoms with E-state index in [9.17, 15) is 13.2 Å². The molecule has 1 heterocycles. The number of carbonyl (C=O) groups excluding carboxylic acids is 1. The molecule has 0 fully saturated rings. The lowest BCUT2D eigenvalue weighted by atomic mass is 10.2. The van der Waals surface area contributed by atoms with Crippen LogP contribution in [0.3, 0.4) is 0 Å². The molecule has 2 aromatic carbocycles. The van der Waals surface area contributed by atoms with Crippen LogP contribution in [0.5, 0.6) is 0 Å². The molecule has 8 heteroatoms. The van der Waals surface area contributed by atoms with Crippen LogP contribution in [0, 0.1) is 0 Å². The van der Waals surface area contributed by atoms with E-state index in [-0.39, 0.29) is 10.8 Å². The van der Waals surface area contributed by atoms with Crippen molar-refractivity contribution in [2.24, 2.45) is 0 Å². The maximum atomic E-state index is 12.6. The fourth-order valence-electron chi connectivity index (χ4n) is 3.24. The largest absolute Gasteiger partial charge is 0.350 e. The Morgan fingerprint density at radius 2 is 1.76 bits per heavy atom. The van der Waals surface area contributed by atoms with E-state index < -0.39 is 16.1 Å². The molecule has 0 radical (unpaired) electrons. The second kappa shape index (κ2) is 8.75. The molecule has 1 atom stereocenters. The van der Waals surface area contributed by atoms with Gasteiger partial charge in [0.05, 0.1) is 22.3 Å². The van der Waals surface area contributed by atoms with E-state index in [1.165, 1.54) is 4.31 Å². The molecule has 1 unspecified atom stereocenters. The lowest BCUT2D eigenvalue weighted by molar-refractivity contribution is -0.123. The fourth-order valence-corrected chi connectivity index (χ4v) is 4.70. The number of nitrogens with one attached hydrogen (secondary N) is 1. The summed E-state index contributed by atoms with van der Waals surface area (Å²) in [6, 6.07) is 13.9. The van der Waals surface area contributed by atoms with Crippen LogP contribution in [-0.2, 0) is 21.4 Å². The van der Waals surface area contributed by atoms with Gasteiger partial charge in [0.1, 0.15) is 6.04 Å². The number of rotatable bonds is 8. The number of hydrogen-bond acceptors (Lipinski definition) is 4. The molecule has 0 aliphatic carbocycles. The smallest absolute Gasteiger partial charge is 0.243 e. The van der Waals surface area contributed by atoms with Crippen molar-refractivity contribution in [1.82, 2.24) is 19.2 Å². The van der Waals surface area contributed by atoms with E-state index in [1.807, 2.05) is 49.6 Å². The molecule has 0 saturated heterocycles. The van der Waals surface area contributed by atoms with Gasteiger partial charge >= 0.3 is 0 Å². The maximum absolute atomic E-state index is 12.6. The first kappa shape index (κ1) is 21.0. The van der Waals surface area contributed by atoms with E-state index >= 15 is 0 Å². The van der Waals surface area contributed by atoms with Crippen molar-refractivity contribution >= 4 is 27.0 Å². The zero-order valence-electron chi connectivity index (χ0n) is 16.9. The molecule has 1 amide bonds. The Balaban J connectivity index is 1.66. The highest BCUT2D eigenvalue weighted by Gasteiger charge is 2.21. The van der Waals surface area contributed by atoms with E-state index in [1.54, 1.807) is 30.6 Å². The van der Waals surface area contributed by atoms with Crippen LogP contribution in [-0.4, -0.2) is 41.3 Å². The summed E-state index contributed by atoms with van der Waals surface area (Å²) in [5, 5.41) is 2.91.